The van der Waals surface area contributed by atoms with Crippen molar-refractivity contribution in [3.8, 4) is 5.75 Å². The smallest absolute Gasteiger partial charge is 0.227 e. The summed E-state index contributed by atoms with van der Waals surface area (Å²) in [7, 11) is 0. The molecule has 4 nitrogen and oxygen atoms in total. The first-order chi connectivity index (χ1) is 25.3. The first-order valence-corrected chi connectivity index (χ1v) is 19.4. The number of piperidine rings is 1. The van der Waals surface area contributed by atoms with E-state index in [1.807, 2.05) is 57.2 Å². The monoisotopic (exact) mass is 732 g/mol. The fourth-order valence-corrected chi connectivity index (χ4v) is 8.20. The van der Waals surface area contributed by atoms with E-state index in [2.05, 4.69) is 107 Å². The Morgan fingerprint density at radius 1 is 0.731 bits per heavy atom. The van der Waals surface area contributed by atoms with Gasteiger partial charge in [-0.2, -0.15) is 0 Å². The Labute approximate surface area is 320 Å². The molecule has 5 aromatic rings. The van der Waals surface area contributed by atoms with Crippen LogP contribution in [0, 0.1) is 5.92 Å². The predicted molar refractivity (Wildman–Crippen MR) is 216 cm³/mol. The lowest BCUT2D eigenvalue weighted by Crippen LogP contribution is -2.51. The molecule has 2 unspecified atom stereocenters. The summed E-state index contributed by atoms with van der Waals surface area (Å²) in [4.78, 5) is 16.2. The predicted octanol–water partition coefficient (Wildman–Crippen LogP) is 11.3. The van der Waals surface area contributed by atoms with Gasteiger partial charge in [-0.05, 0) is 118 Å². The van der Waals surface area contributed by atoms with E-state index >= 15 is 0 Å². The zero-order chi connectivity index (χ0) is 36.5. The minimum Gasteiger partial charge on any atom is -0.491 e. The molecule has 1 heterocycles. The largest absolute Gasteiger partial charge is 0.491 e. The second-order valence-corrected chi connectivity index (χ2v) is 15.2. The van der Waals surface area contributed by atoms with Gasteiger partial charge in [0, 0.05) is 12.5 Å². The van der Waals surface area contributed by atoms with Gasteiger partial charge >= 0.3 is 0 Å². The van der Waals surface area contributed by atoms with Gasteiger partial charge in [-0.25, -0.2) is 0 Å². The maximum absolute atomic E-state index is 13.5. The van der Waals surface area contributed by atoms with Crippen LogP contribution in [0.25, 0.3) is 0 Å². The topological polar surface area (TPSA) is 41.6 Å². The number of halogens is 2. The first-order valence-electron chi connectivity index (χ1n) is 18.7. The number of likely N-dealkylation sites (tertiary alicyclic amines) is 1. The van der Waals surface area contributed by atoms with Crippen LogP contribution < -0.4 is 10.1 Å². The van der Waals surface area contributed by atoms with Crippen LogP contribution in [0.2, 0.25) is 10.0 Å². The first kappa shape index (κ1) is 37.7. The summed E-state index contributed by atoms with van der Waals surface area (Å²) in [6.07, 6.45) is 4.27. The molecule has 1 aliphatic heterocycles. The van der Waals surface area contributed by atoms with Gasteiger partial charge in [0.25, 0.3) is 0 Å². The Bertz CT molecular complexity index is 1780. The van der Waals surface area contributed by atoms with Crippen molar-refractivity contribution in [1.82, 2.24) is 10.2 Å². The summed E-state index contributed by atoms with van der Waals surface area (Å²) in [6.45, 7) is 8.45. The summed E-state index contributed by atoms with van der Waals surface area (Å²) in [6, 6.07) is 46.6. The van der Waals surface area contributed by atoms with E-state index in [0.29, 0.717) is 22.5 Å². The zero-order valence-electron chi connectivity index (χ0n) is 30.5. The second-order valence-electron chi connectivity index (χ2n) is 14.4. The SMILES string of the molecule is CC(C)Oc1cccc(C(C)C(=O)NCC(CCC2CCN(C(c3ccccc3)(c3ccccc3)c3ccccc3)CC2)c2ccc(Cl)c(Cl)c2)c1. The Balaban J connectivity index is 1.17. The average Bonchev–Trinajstić information content (AvgIpc) is 3.17. The van der Waals surface area contributed by atoms with E-state index < -0.39 is 5.54 Å². The molecular weight excluding hydrogens is 683 g/mol. The molecule has 0 aromatic heterocycles. The zero-order valence-corrected chi connectivity index (χ0v) is 32.0. The molecule has 0 radical (unpaired) electrons. The highest BCUT2D eigenvalue weighted by Crippen LogP contribution is 2.44. The van der Waals surface area contributed by atoms with Crippen molar-refractivity contribution in [2.75, 3.05) is 19.6 Å². The molecular formula is C46H50Cl2N2O2. The number of hydrogen-bond donors (Lipinski definition) is 1. The summed E-state index contributed by atoms with van der Waals surface area (Å²) < 4.78 is 5.89. The number of carbonyl (C=O) groups excluding carboxylic acids is 1. The van der Waals surface area contributed by atoms with E-state index in [1.54, 1.807) is 0 Å². The quantitative estimate of drug-likeness (QED) is 0.116. The molecule has 1 aliphatic rings. The van der Waals surface area contributed by atoms with Crippen LogP contribution in [0.4, 0.5) is 0 Å². The van der Waals surface area contributed by atoms with Crippen molar-refractivity contribution >= 4 is 29.1 Å². The Kier molecular flexibility index (Phi) is 12.8. The fraction of sp³-hybridized carbons (Fsp3) is 0.326. The van der Waals surface area contributed by atoms with Gasteiger partial charge in [0.05, 0.1) is 27.6 Å². The van der Waals surface area contributed by atoms with E-state index in [-0.39, 0.29) is 23.8 Å². The third-order valence-corrected chi connectivity index (χ3v) is 11.4. The van der Waals surface area contributed by atoms with Crippen molar-refractivity contribution in [3.05, 3.63) is 171 Å². The number of nitrogens with one attached hydrogen (secondary N) is 1. The van der Waals surface area contributed by atoms with Crippen molar-refractivity contribution in [2.24, 2.45) is 5.92 Å². The maximum atomic E-state index is 13.5. The van der Waals surface area contributed by atoms with Crippen LogP contribution >= 0.6 is 23.2 Å². The molecule has 6 heteroatoms. The molecule has 0 bridgehead atoms. The lowest BCUT2D eigenvalue weighted by atomic mass is 9.74. The van der Waals surface area contributed by atoms with Gasteiger partial charge in [0.1, 0.15) is 5.75 Å². The number of carbonyl (C=O) groups is 1. The number of hydrogen-bond acceptors (Lipinski definition) is 3. The summed E-state index contributed by atoms with van der Waals surface area (Å²) in [5.41, 5.74) is 5.51. The number of benzene rings is 5. The Hall–Kier alpha value is -4.09. The van der Waals surface area contributed by atoms with Crippen LogP contribution in [0.3, 0.4) is 0 Å². The molecule has 0 spiro atoms. The highest BCUT2D eigenvalue weighted by molar-refractivity contribution is 6.42. The molecule has 5 aromatic carbocycles. The van der Waals surface area contributed by atoms with Crippen molar-refractivity contribution < 1.29 is 9.53 Å². The lowest BCUT2D eigenvalue weighted by Gasteiger charge is -2.48. The van der Waals surface area contributed by atoms with E-state index in [9.17, 15) is 4.79 Å². The van der Waals surface area contributed by atoms with Crippen molar-refractivity contribution in [1.29, 1.82) is 0 Å². The van der Waals surface area contributed by atoms with E-state index in [4.69, 9.17) is 27.9 Å². The summed E-state index contributed by atoms with van der Waals surface area (Å²) in [5.74, 6) is 1.14. The molecule has 1 amide bonds. The molecule has 1 fully saturated rings. The van der Waals surface area contributed by atoms with Crippen LogP contribution in [0.15, 0.2) is 133 Å². The Morgan fingerprint density at radius 2 is 1.31 bits per heavy atom. The van der Waals surface area contributed by atoms with Crippen LogP contribution in [-0.2, 0) is 10.3 Å². The molecule has 6 rings (SSSR count). The third kappa shape index (κ3) is 8.74. The average molecular weight is 734 g/mol. The number of rotatable bonds is 14. The van der Waals surface area contributed by atoms with Gasteiger partial charge in [0.2, 0.25) is 5.91 Å². The molecule has 1 N–H and O–H groups in total. The van der Waals surface area contributed by atoms with Crippen molar-refractivity contribution in [2.45, 2.75) is 69.9 Å². The minimum atomic E-state index is -0.390. The van der Waals surface area contributed by atoms with Crippen LogP contribution in [0.5, 0.6) is 5.75 Å². The second kappa shape index (κ2) is 17.6. The van der Waals surface area contributed by atoms with Crippen molar-refractivity contribution in [3.63, 3.8) is 0 Å². The minimum absolute atomic E-state index is 0.000795. The maximum Gasteiger partial charge on any atom is 0.227 e. The van der Waals surface area contributed by atoms with Crippen LogP contribution in [0.1, 0.15) is 86.1 Å². The highest BCUT2D eigenvalue weighted by Gasteiger charge is 2.43. The number of ether oxygens (including phenoxy) is 1. The number of nitrogens with zero attached hydrogens (tertiary/aromatic N) is 1. The van der Waals surface area contributed by atoms with Gasteiger partial charge in [-0.15, -0.1) is 0 Å². The van der Waals surface area contributed by atoms with E-state index in [1.165, 1.54) is 16.7 Å². The molecule has 1 saturated heterocycles. The third-order valence-electron chi connectivity index (χ3n) is 10.6. The molecule has 270 valence electrons. The van der Waals surface area contributed by atoms with E-state index in [0.717, 1.165) is 55.6 Å². The Morgan fingerprint density at radius 3 is 1.85 bits per heavy atom. The van der Waals surface area contributed by atoms with Crippen LogP contribution in [-0.4, -0.2) is 36.5 Å². The number of amides is 1. The fourth-order valence-electron chi connectivity index (χ4n) is 7.89. The standard InChI is InChI=1S/C46H50Cl2N2O2/c1-33(2)52-42-21-13-14-36(30-42)34(3)45(51)49-32-38(37-24-25-43(47)44(48)31-37)23-22-35-26-28-50(29-27-35)46(39-15-7-4-8-16-39,40-17-9-5-10-18-40)41-19-11-6-12-20-41/h4-21,24-25,30-31,33-35,38H,22-23,26-29,32H2,1-3H3,(H,49,51). The molecule has 0 aliphatic carbocycles. The van der Waals surface area contributed by atoms with Gasteiger partial charge in [0.15, 0.2) is 0 Å². The van der Waals surface area contributed by atoms with Gasteiger partial charge in [-0.3, -0.25) is 9.69 Å². The lowest BCUT2D eigenvalue weighted by molar-refractivity contribution is -0.122. The molecule has 52 heavy (non-hydrogen) atoms. The summed E-state index contributed by atoms with van der Waals surface area (Å²) >= 11 is 12.9. The normalized spacial score (nSPS) is 15.3. The van der Waals surface area contributed by atoms with Gasteiger partial charge in [-0.1, -0.05) is 132 Å². The summed E-state index contributed by atoms with van der Waals surface area (Å²) in [5, 5.41) is 4.36. The molecule has 0 saturated carbocycles. The molecule has 2 atom stereocenters. The highest BCUT2D eigenvalue weighted by atomic mass is 35.5. The van der Waals surface area contributed by atoms with Gasteiger partial charge < -0.3 is 10.1 Å².